The summed E-state index contributed by atoms with van der Waals surface area (Å²) in [7, 11) is 0. The Morgan fingerprint density at radius 1 is 1.04 bits per heavy atom. The molecule has 0 radical (unpaired) electrons. The molecule has 2 aromatic carbocycles. The Labute approximate surface area is 168 Å². The number of amides is 1. The van der Waals surface area contributed by atoms with E-state index in [0.29, 0.717) is 22.9 Å². The number of para-hydroxylation sites is 1. The van der Waals surface area contributed by atoms with Crippen LogP contribution in [0.3, 0.4) is 0 Å². The van der Waals surface area contributed by atoms with Crippen molar-refractivity contribution in [3.8, 4) is 21.8 Å². The Balaban J connectivity index is 1.53. The second-order valence-corrected chi connectivity index (χ2v) is 8.18. The van der Waals surface area contributed by atoms with Gasteiger partial charge >= 0.3 is 0 Å². The first kappa shape index (κ1) is 18.8. The molecule has 28 heavy (non-hydrogen) atoms. The molecule has 0 bridgehead atoms. The van der Waals surface area contributed by atoms with E-state index in [-0.39, 0.29) is 11.7 Å². The standard InChI is InChI=1S/C23H23FN2OS/c24-19-12-6-4-10-17(19)23-26-21(15-28-23)18-11-5-7-13-20(18)25-22(27)14-16-8-2-1-3-9-16/h4-7,10-13,15-16H,1-3,8-9,14H2,(H,25,27). The first-order valence-corrected chi connectivity index (χ1v) is 10.7. The number of hydrogen-bond acceptors (Lipinski definition) is 3. The van der Waals surface area contributed by atoms with Gasteiger partial charge in [0.15, 0.2) is 0 Å². The highest BCUT2D eigenvalue weighted by atomic mass is 32.1. The zero-order valence-corrected chi connectivity index (χ0v) is 16.5. The van der Waals surface area contributed by atoms with Crippen LogP contribution in [0.2, 0.25) is 0 Å². The van der Waals surface area contributed by atoms with Crippen LogP contribution >= 0.6 is 11.3 Å². The minimum absolute atomic E-state index is 0.0592. The SMILES string of the molecule is O=C(CC1CCCCC1)Nc1ccccc1-c1csc(-c2ccccc2F)n1. The van der Waals surface area contributed by atoms with Gasteiger partial charge in [-0.3, -0.25) is 4.79 Å². The summed E-state index contributed by atoms with van der Waals surface area (Å²) in [5, 5.41) is 5.61. The molecule has 1 amide bonds. The molecule has 1 saturated carbocycles. The number of halogens is 1. The summed E-state index contributed by atoms with van der Waals surface area (Å²) in [6.45, 7) is 0. The van der Waals surface area contributed by atoms with Crippen LogP contribution in [0, 0.1) is 11.7 Å². The summed E-state index contributed by atoms with van der Waals surface area (Å²) < 4.78 is 14.1. The molecule has 0 spiro atoms. The van der Waals surface area contributed by atoms with Gasteiger partial charge in [0.25, 0.3) is 0 Å². The summed E-state index contributed by atoms with van der Waals surface area (Å²) in [5.74, 6) is 0.272. The molecule has 3 nitrogen and oxygen atoms in total. The van der Waals surface area contributed by atoms with Crippen LogP contribution in [-0.2, 0) is 4.79 Å². The van der Waals surface area contributed by atoms with Crippen molar-refractivity contribution >= 4 is 22.9 Å². The molecule has 1 fully saturated rings. The summed E-state index contributed by atoms with van der Waals surface area (Å²) in [6.07, 6.45) is 6.61. The van der Waals surface area contributed by atoms with E-state index < -0.39 is 0 Å². The van der Waals surface area contributed by atoms with Gasteiger partial charge in [-0.15, -0.1) is 11.3 Å². The lowest BCUT2D eigenvalue weighted by Gasteiger charge is -2.21. The number of benzene rings is 2. The van der Waals surface area contributed by atoms with Gasteiger partial charge in [-0.05, 0) is 37.0 Å². The average Bonchev–Trinajstić information content (AvgIpc) is 3.19. The van der Waals surface area contributed by atoms with E-state index in [1.807, 2.05) is 29.6 Å². The maximum absolute atomic E-state index is 14.1. The molecule has 0 atom stereocenters. The lowest BCUT2D eigenvalue weighted by atomic mass is 9.87. The summed E-state index contributed by atoms with van der Waals surface area (Å²) in [5.41, 5.74) is 2.86. The van der Waals surface area contributed by atoms with Crippen LogP contribution in [0.4, 0.5) is 10.1 Å². The summed E-state index contributed by atoms with van der Waals surface area (Å²) >= 11 is 1.40. The molecule has 0 saturated heterocycles. The predicted molar refractivity (Wildman–Crippen MR) is 113 cm³/mol. The van der Waals surface area contributed by atoms with Gasteiger partial charge < -0.3 is 5.32 Å². The van der Waals surface area contributed by atoms with Crippen molar-refractivity contribution in [2.75, 3.05) is 5.32 Å². The van der Waals surface area contributed by atoms with Crippen LogP contribution in [0.1, 0.15) is 38.5 Å². The van der Waals surface area contributed by atoms with Gasteiger partial charge in [-0.25, -0.2) is 9.37 Å². The molecular formula is C23H23FN2OS. The van der Waals surface area contributed by atoms with E-state index in [9.17, 15) is 9.18 Å². The highest BCUT2D eigenvalue weighted by Gasteiger charge is 2.18. The van der Waals surface area contributed by atoms with E-state index in [0.717, 1.165) is 29.8 Å². The van der Waals surface area contributed by atoms with E-state index in [1.165, 1.54) is 36.7 Å². The molecule has 0 aliphatic heterocycles. The fourth-order valence-corrected chi connectivity index (χ4v) is 4.67. The van der Waals surface area contributed by atoms with Crippen LogP contribution < -0.4 is 5.32 Å². The lowest BCUT2D eigenvalue weighted by Crippen LogP contribution is -2.18. The first-order chi connectivity index (χ1) is 13.7. The van der Waals surface area contributed by atoms with Crippen molar-refractivity contribution in [3.05, 3.63) is 59.7 Å². The highest BCUT2D eigenvalue weighted by Crippen LogP contribution is 2.34. The minimum Gasteiger partial charge on any atom is -0.325 e. The molecule has 1 aliphatic carbocycles. The van der Waals surface area contributed by atoms with E-state index >= 15 is 0 Å². The van der Waals surface area contributed by atoms with Gasteiger partial charge in [0.05, 0.1) is 11.4 Å². The van der Waals surface area contributed by atoms with E-state index in [1.54, 1.807) is 18.2 Å². The van der Waals surface area contributed by atoms with Gasteiger partial charge in [-0.1, -0.05) is 49.6 Å². The Kier molecular flexibility index (Phi) is 5.81. The van der Waals surface area contributed by atoms with Crippen molar-refractivity contribution in [3.63, 3.8) is 0 Å². The largest absolute Gasteiger partial charge is 0.325 e. The maximum Gasteiger partial charge on any atom is 0.224 e. The van der Waals surface area contributed by atoms with Gasteiger partial charge in [-0.2, -0.15) is 0 Å². The van der Waals surface area contributed by atoms with Crippen molar-refractivity contribution < 1.29 is 9.18 Å². The number of carbonyl (C=O) groups excluding carboxylic acids is 1. The third kappa shape index (κ3) is 4.30. The zero-order chi connectivity index (χ0) is 19.3. The Hall–Kier alpha value is -2.53. The molecule has 0 unspecified atom stereocenters. The number of nitrogens with one attached hydrogen (secondary N) is 1. The quantitative estimate of drug-likeness (QED) is 0.535. The Morgan fingerprint density at radius 3 is 2.54 bits per heavy atom. The number of nitrogens with zero attached hydrogens (tertiary/aromatic N) is 1. The molecule has 144 valence electrons. The lowest BCUT2D eigenvalue weighted by molar-refractivity contribution is -0.117. The first-order valence-electron chi connectivity index (χ1n) is 9.80. The molecule has 1 aliphatic rings. The van der Waals surface area contributed by atoms with Crippen LogP contribution in [0.25, 0.3) is 21.8 Å². The topological polar surface area (TPSA) is 42.0 Å². The fourth-order valence-electron chi connectivity index (χ4n) is 3.83. The maximum atomic E-state index is 14.1. The summed E-state index contributed by atoms with van der Waals surface area (Å²) in [6, 6.07) is 14.3. The number of thiazole rings is 1. The van der Waals surface area contributed by atoms with Crippen LogP contribution in [0.15, 0.2) is 53.9 Å². The van der Waals surface area contributed by atoms with Crippen molar-refractivity contribution in [2.45, 2.75) is 38.5 Å². The average molecular weight is 395 g/mol. The number of carbonyl (C=O) groups is 1. The number of aromatic nitrogens is 1. The van der Waals surface area contributed by atoms with Gasteiger partial charge in [0.1, 0.15) is 10.8 Å². The van der Waals surface area contributed by atoms with Crippen LogP contribution in [-0.4, -0.2) is 10.9 Å². The molecule has 1 aromatic heterocycles. The third-order valence-electron chi connectivity index (χ3n) is 5.28. The van der Waals surface area contributed by atoms with Crippen molar-refractivity contribution in [2.24, 2.45) is 5.92 Å². The summed E-state index contributed by atoms with van der Waals surface area (Å²) in [4.78, 5) is 17.2. The Morgan fingerprint density at radius 2 is 1.75 bits per heavy atom. The van der Waals surface area contributed by atoms with Gasteiger partial charge in [0.2, 0.25) is 5.91 Å². The second-order valence-electron chi connectivity index (χ2n) is 7.32. The molecular weight excluding hydrogens is 371 g/mol. The predicted octanol–water partition coefficient (Wildman–Crippen LogP) is 6.53. The monoisotopic (exact) mass is 394 g/mol. The zero-order valence-electron chi connectivity index (χ0n) is 15.7. The van der Waals surface area contributed by atoms with Crippen molar-refractivity contribution in [1.29, 1.82) is 0 Å². The number of hydrogen-bond donors (Lipinski definition) is 1. The molecule has 1 heterocycles. The minimum atomic E-state index is -0.280. The normalized spacial score (nSPS) is 14.8. The second kappa shape index (κ2) is 8.65. The molecule has 5 heteroatoms. The molecule has 4 rings (SSSR count). The van der Waals surface area contributed by atoms with E-state index in [2.05, 4.69) is 10.3 Å². The third-order valence-corrected chi connectivity index (χ3v) is 6.16. The van der Waals surface area contributed by atoms with E-state index in [4.69, 9.17) is 0 Å². The fraction of sp³-hybridized carbons (Fsp3) is 0.304. The van der Waals surface area contributed by atoms with Gasteiger partial charge in [0, 0.05) is 22.9 Å². The molecule has 3 aromatic rings. The van der Waals surface area contributed by atoms with Crippen LogP contribution in [0.5, 0.6) is 0 Å². The van der Waals surface area contributed by atoms with Crippen molar-refractivity contribution in [1.82, 2.24) is 4.98 Å². The number of rotatable bonds is 5. The molecule has 1 N–H and O–H groups in total. The highest BCUT2D eigenvalue weighted by molar-refractivity contribution is 7.13. The Bertz CT molecular complexity index is 962. The number of anilines is 1. The smallest absolute Gasteiger partial charge is 0.224 e.